The number of nitrogens with one attached hydrogen (secondary N) is 1. The van der Waals surface area contributed by atoms with Crippen LogP contribution in [-0.4, -0.2) is 20.7 Å². The van der Waals surface area contributed by atoms with Gasteiger partial charge in [-0.2, -0.15) is 5.10 Å². The van der Waals surface area contributed by atoms with Gasteiger partial charge in [-0.15, -0.1) is 11.3 Å². The summed E-state index contributed by atoms with van der Waals surface area (Å²) in [5.41, 5.74) is 0.632. The summed E-state index contributed by atoms with van der Waals surface area (Å²) >= 11 is 4.87. The van der Waals surface area contributed by atoms with Crippen LogP contribution in [0.3, 0.4) is 0 Å². The molecule has 0 atom stereocenters. The monoisotopic (exact) mass is 392 g/mol. The molecule has 8 heteroatoms. The van der Waals surface area contributed by atoms with E-state index in [0.29, 0.717) is 5.69 Å². The molecule has 116 valence electrons. The molecule has 0 saturated heterocycles. The molecule has 0 aliphatic carbocycles. The fourth-order valence-electron chi connectivity index (χ4n) is 1.86. The maximum atomic E-state index is 14.1. The fourth-order valence-corrected chi connectivity index (χ4v) is 3.19. The number of rotatable bonds is 4. The van der Waals surface area contributed by atoms with Crippen molar-refractivity contribution >= 4 is 44.9 Å². The van der Waals surface area contributed by atoms with Gasteiger partial charge in [0.05, 0.1) is 3.79 Å². The molecule has 1 amide bonds. The molecule has 0 saturated carbocycles. The minimum atomic E-state index is -0.500. The van der Waals surface area contributed by atoms with E-state index in [1.54, 1.807) is 12.1 Å². The zero-order chi connectivity index (χ0) is 16.2. The van der Waals surface area contributed by atoms with Crippen molar-refractivity contribution in [2.75, 3.05) is 5.32 Å². The Hall–Kier alpha value is -2.32. The van der Waals surface area contributed by atoms with Gasteiger partial charge in [-0.1, -0.05) is 0 Å². The van der Waals surface area contributed by atoms with Gasteiger partial charge in [-0.05, 0) is 52.3 Å². The first-order chi connectivity index (χ1) is 11.1. The standard InChI is InChI=1S/C15H10BrFN4OS/c16-14-5-2-11(23-14)3-6-15(22)20-10-1-4-13(12(17)7-10)21-9-18-8-19-21/h1-9H,(H,20,22)/b6-3+. The second-order valence-corrected chi connectivity index (χ2v) is 6.97. The Balaban J connectivity index is 1.69. The first kappa shape index (κ1) is 15.6. The fraction of sp³-hybridized carbons (Fsp3) is 0. The van der Waals surface area contributed by atoms with Gasteiger partial charge in [0.2, 0.25) is 5.91 Å². The minimum Gasteiger partial charge on any atom is -0.322 e. The molecule has 0 spiro atoms. The predicted octanol–water partition coefficient (Wildman–Crippen LogP) is 3.88. The summed E-state index contributed by atoms with van der Waals surface area (Å²) in [6.45, 7) is 0. The second kappa shape index (κ2) is 6.84. The number of anilines is 1. The Morgan fingerprint density at radius 2 is 2.22 bits per heavy atom. The van der Waals surface area contributed by atoms with Gasteiger partial charge in [0.1, 0.15) is 18.3 Å². The molecule has 0 fully saturated rings. The second-order valence-electron chi connectivity index (χ2n) is 4.47. The molecule has 3 aromatic rings. The normalized spacial score (nSPS) is 11.0. The van der Waals surface area contributed by atoms with Crippen molar-refractivity contribution in [3.63, 3.8) is 0 Å². The highest BCUT2D eigenvalue weighted by atomic mass is 79.9. The molecule has 2 heterocycles. The Kier molecular flexibility index (Phi) is 4.63. The molecule has 0 unspecified atom stereocenters. The van der Waals surface area contributed by atoms with Gasteiger partial charge in [-0.3, -0.25) is 4.79 Å². The van der Waals surface area contributed by atoms with Crippen LogP contribution in [0.4, 0.5) is 10.1 Å². The van der Waals surface area contributed by atoms with Crippen molar-refractivity contribution in [1.82, 2.24) is 14.8 Å². The van der Waals surface area contributed by atoms with E-state index in [1.165, 1.54) is 46.9 Å². The maximum Gasteiger partial charge on any atom is 0.248 e. The molecule has 1 aromatic carbocycles. The van der Waals surface area contributed by atoms with Crippen LogP contribution in [0.15, 0.2) is 52.8 Å². The van der Waals surface area contributed by atoms with E-state index in [1.807, 2.05) is 12.1 Å². The Labute approximate surface area is 143 Å². The highest BCUT2D eigenvalue weighted by Gasteiger charge is 2.07. The average molecular weight is 393 g/mol. The third kappa shape index (κ3) is 3.91. The van der Waals surface area contributed by atoms with Crippen LogP contribution in [0.25, 0.3) is 11.8 Å². The number of aromatic nitrogens is 3. The molecular formula is C15H10BrFN4OS. The summed E-state index contributed by atoms with van der Waals surface area (Å²) in [5, 5.41) is 6.48. The van der Waals surface area contributed by atoms with Gasteiger partial charge in [0.15, 0.2) is 5.82 Å². The molecule has 0 bridgehead atoms. The van der Waals surface area contributed by atoms with Gasteiger partial charge in [0.25, 0.3) is 0 Å². The quantitative estimate of drug-likeness (QED) is 0.685. The zero-order valence-electron chi connectivity index (χ0n) is 11.6. The molecule has 5 nitrogen and oxygen atoms in total. The lowest BCUT2D eigenvalue weighted by molar-refractivity contribution is -0.111. The van der Waals surface area contributed by atoms with E-state index in [9.17, 15) is 9.18 Å². The number of thiophene rings is 1. The topological polar surface area (TPSA) is 59.8 Å². The summed E-state index contributed by atoms with van der Waals surface area (Å²) in [6.07, 6.45) is 5.83. The average Bonchev–Trinajstić information content (AvgIpc) is 3.17. The number of carbonyl (C=O) groups is 1. The molecule has 1 N–H and O–H groups in total. The van der Waals surface area contributed by atoms with Crippen molar-refractivity contribution < 1.29 is 9.18 Å². The SMILES string of the molecule is O=C(/C=C/c1ccc(Br)s1)Nc1ccc(-n2cncn2)c(F)c1. The number of amides is 1. The van der Waals surface area contributed by atoms with Crippen molar-refractivity contribution in [3.05, 3.63) is 63.5 Å². The Morgan fingerprint density at radius 1 is 1.35 bits per heavy atom. The smallest absolute Gasteiger partial charge is 0.248 e. The van der Waals surface area contributed by atoms with Crippen LogP contribution in [0, 0.1) is 5.82 Å². The number of nitrogens with zero attached hydrogens (tertiary/aromatic N) is 3. The van der Waals surface area contributed by atoms with Crippen molar-refractivity contribution in [2.45, 2.75) is 0 Å². The first-order valence-electron chi connectivity index (χ1n) is 6.51. The van der Waals surface area contributed by atoms with Crippen LogP contribution in [0.5, 0.6) is 0 Å². The molecular weight excluding hydrogens is 383 g/mol. The highest BCUT2D eigenvalue weighted by Crippen LogP contribution is 2.23. The van der Waals surface area contributed by atoms with Crippen LogP contribution in [0.1, 0.15) is 4.88 Å². The largest absolute Gasteiger partial charge is 0.322 e. The lowest BCUT2D eigenvalue weighted by Crippen LogP contribution is -2.08. The molecule has 23 heavy (non-hydrogen) atoms. The third-order valence-electron chi connectivity index (χ3n) is 2.87. The van der Waals surface area contributed by atoms with E-state index in [2.05, 4.69) is 31.3 Å². The molecule has 0 radical (unpaired) electrons. The number of carbonyl (C=O) groups excluding carboxylic acids is 1. The zero-order valence-corrected chi connectivity index (χ0v) is 14.0. The van der Waals surface area contributed by atoms with Crippen LogP contribution < -0.4 is 5.32 Å². The maximum absolute atomic E-state index is 14.1. The molecule has 2 aromatic heterocycles. The van der Waals surface area contributed by atoms with Gasteiger partial charge < -0.3 is 5.32 Å². The van der Waals surface area contributed by atoms with E-state index in [0.717, 1.165) is 8.66 Å². The van der Waals surface area contributed by atoms with E-state index in [4.69, 9.17) is 0 Å². The Morgan fingerprint density at radius 3 is 2.87 bits per heavy atom. The molecule has 0 aliphatic rings. The van der Waals surface area contributed by atoms with Crippen molar-refractivity contribution in [1.29, 1.82) is 0 Å². The minimum absolute atomic E-state index is 0.263. The summed E-state index contributed by atoms with van der Waals surface area (Å²) in [7, 11) is 0. The number of hydrogen-bond donors (Lipinski definition) is 1. The van der Waals surface area contributed by atoms with Gasteiger partial charge >= 0.3 is 0 Å². The van der Waals surface area contributed by atoms with E-state index >= 15 is 0 Å². The Bertz CT molecular complexity index is 860. The van der Waals surface area contributed by atoms with E-state index < -0.39 is 5.82 Å². The highest BCUT2D eigenvalue weighted by molar-refractivity contribution is 9.11. The number of hydrogen-bond acceptors (Lipinski definition) is 4. The number of halogens is 2. The van der Waals surface area contributed by atoms with Gasteiger partial charge in [-0.25, -0.2) is 14.1 Å². The summed E-state index contributed by atoms with van der Waals surface area (Å²) < 4.78 is 16.4. The lowest BCUT2D eigenvalue weighted by atomic mass is 10.2. The van der Waals surface area contributed by atoms with Crippen LogP contribution >= 0.6 is 27.3 Å². The van der Waals surface area contributed by atoms with Crippen molar-refractivity contribution in [3.8, 4) is 5.69 Å². The molecule has 3 rings (SSSR count). The van der Waals surface area contributed by atoms with E-state index in [-0.39, 0.29) is 11.6 Å². The summed E-state index contributed by atoms with van der Waals surface area (Å²) in [5.74, 6) is -0.832. The lowest BCUT2D eigenvalue weighted by Gasteiger charge is -2.06. The predicted molar refractivity (Wildman–Crippen MR) is 91.0 cm³/mol. The van der Waals surface area contributed by atoms with Crippen LogP contribution in [-0.2, 0) is 4.79 Å². The first-order valence-corrected chi connectivity index (χ1v) is 8.12. The summed E-state index contributed by atoms with van der Waals surface area (Å²) in [4.78, 5) is 16.6. The van der Waals surface area contributed by atoms with Crippen LogP contribution in [0.2, 0.25) is 0 Å². The molecule has 0 aliphatic heterocycles. The number of benzene rings is 1. The summed E-state index contributed by atoms with van der Waals surface area (Å²) in [6, 6.07) is 8.17. The van der Waals surface area contributed by atoms with Gasteiger partial charge in [0, 0.05) is 16.6 Å². The third-order valence-corrected chi connectivity index (χ3v) is 4.46. The van der Waals surface area contributed by atoms with Crippen molar-refractivity contribution in [2.24, 2.45) is 0 Å².